The van der Waals surface area contributed by atoms with Crippen LogP contribution >= 0.6 is 0 Å². The van der Waals surface area contributed by atoms with E-state index in [1.54, 1.807) is 20.3 Å². The number of benzene rings is 2. The van der Waals surface area contributed by atoms with Crippen molar-refractivity contribution in [2.24, 2.45) is 0 Å². The number of nitrogens with one attached hydrogen (secondary N) is 1. The molecule has 0 aliphatic heterocycles. The Morgan fingerprint density at radius 1 is 0.917 bits per heavy atom. The minimum Gasteiger partial charge on any atom is -0.493 e. The van der Waals surface area contributed by atoms with Crippen molar-refractivity contribution in [2.45, 2.75) is 6.92 Å². The molecular formula is C18H19N3O3. The lowest BCUT2D eigenvalue weighted by Gasteiger charge is -2.13. The Balaban J connectivity index is 2.06. The number of methoxy groups -OCH3 is 2. The number of ether oxygens (including phenoxy) is 3. The topological polar surface area (TPSA) is 65.5 Å². The van der Waals surface area contributed by atoms with Crippen molar-refractivity contribution < 1.29 is 14.2 Å². The third kappa shape index (κ3) is 2.90. The Morgan fingerprint density at radius 2 is 1.67 bits per heavy atom. The fraction of sp³-hybridized carbons (Fsp3) is 0.222. The fourth-order valence-corrected chi connectivity index (χ4v) is 2.46. The number of aryl methyl sites for hydroxylation is 1. The molecule has 6 heteroatoms. The second kappa shape index (κ2) is 6.62. The molecule has 124 valence electrons. The van der Waals surface area contributed by atoms with E-state index < -0.39 is 0 Å². The summed E-state index contributed by atoms with van der Waals surface area (Å²) in [7, 11) is 5.07. The van der Waals surface area contributed by atoms with Gasteiger partial charge in [-0.05, 0) is 36.8 Å². The fourth-order valence-electron chi connectivity index (χ4n) is 2.46. The van der Waals surface area contributed by atoms with Gasteiger partial charge in [-0.15, -0.1) is 0 Å². The average Bonchev–Trinajstić information content (AvgIpc) is 2.62. The van der Waals surface area contributed by atoms with E-state index in [-0.39, 0.29) is 0 Å². The molecule has 0 aliphatic rings. The molecule has 24 heavy (non-hydrogen) atoms. The highest BCUT2D eigenvalue weighted by Crippen LogP contribution is 2.36. The number of hydrogen-bond acceptors (Lipinski definition) is 6. The van der Waals surface area contributed by atoms with Crippen LogP contribution in [0.1, 0.15) is 5.56 Å². The predicted molar refractivity (Wildman–Crippen MR) is 93.4 cm³/mol. The van der Waals surface area contributed by atoms with Crippen molar-refractivity contribution in [2.75, 3.05) is 26.6 Å². The molecule has 3 rings (SSSR count). The maximum Gasteiger partial charge on any atom is 0.230 e. The van der Waals surface area contributed by atoms with E-state index in [0.717, 1.165) is 27.9 Å². The van der Waals surface area contributed by atoms with Crippen LogP contribution in [-0.2, 0) is 0 Å². The van der Waals surface area contributed by atoms with Gasteiger partial charge in [0.25, 0.3) is 0 Å². The molecule has 1 heterocycles. The molecular weight excluding hydrogens is 306 g/mol. The molecule has 2 aromatic carbocycles. The van der Waals surface area contributed by atoms with Crippen LogP contribution < -0.4 is 19.5 Å². The monoisotopic (exact) mass is 325 g/mol. The lowest BCUT2D eigenvalue weighted by atomic mass is 10.2. The third-order valence-corrected chi connectivity index (χ3v) is 3.77. The second-order valence-corrected chi connectivity index (χ2v) is 5.24. The summed E-state index contributed by atoms with van der Waals surface area (Å²) in [5.41, 5.74) is 2.76. The molecule has 0 unspecified atom stereocenters. The summed E-state index contributed by atoms with van der Waals surface area (Å²) in [5, 5.41) is 3.86. The quantitative estimate of drug-likeness (QED) is 0.770. The molecule has 1 N–H and O–H groups in total. The molecule has 0 saturated heterocycles. The van der Waals surface area contributed by atoms with Crippen molar-refractivity contribution in [1.82, 2.24) is 9.97 Å². The van der Waals surface area contributed by atoms with Crippen LogP contribution in [0.25, 0.3) is 10.9 Å². The normalized spacial score (nSPS) is 10.5. The van der Waals surface area contributed by atoms with Crippen molar-refractivity contribution in [3.05, 3.63) is 42.2 Å². The van der Waals surface area contributed by atoms with Gasteiger partial charge in [0, 0.05) is 18.8 Å². The summed E-state index contributed by atoms with van der Waals surface area (Å²) in [6, 6.07) is 9.51. The van der Waals surface area contributed by atoms with Gasteiger partial charge in [0.15, 0.2) is 11.5 Å². The minimum absolute atomic E-state index is 0.473. The Labute approximate surface area is 140 Å². The van der Waals surface area contributed by atoms with Gasteiger partial charge in [-0.1, -0.05) is 0 Å². The standard InChI is InChI=1S/C18H19N3O3/c1-11-7-12(19-2)5-6-15(11)24-18-13-8-16(22-3)17(23-4)9-14(13)20-10-21-18/h5-10,19H,1-4H3. The zero-order valence-electron chi connectivity index (χ0n) is 14.1. The summed E-state index contributed by atoms with van der Waals surface area (Å²) in [4.78, 5) is 8.55. The molecule has 0 saturated carbocycles. The van der Waals surface area contributed by atoms with Crippen LogP contribution in [0.2, 0.25) is 0 Å². The molecule has 1 aromatic heterocycles. The van der Waals surface area contributed by atoms with E-state index in [0.29, 0.717) is 17.4 Å². The van der Waals surface area contributed by atoms with Gasteiger partial charge < -0.3 is 19.5 Å². The number of aromatic nitrogens is 2. The molecule has 0 aliphatic carbocycles. The molecule has 0 amide bonds. The molecule has 0 radical (unpaired) electrons. The number of fused-ring (bicyclic) bond motifs is 1. The van der Waals surface area contributed by atoms with Crippen LogP contribution in [-0.4, -0.2) is 31.2 Å². The van der Waals surface area contributed by atoms with Crippen molar-refractivity contribution in [3.63, 3.8) is 0 Å². The van der Waals surface area contributed by atoms with E-state index in [1.165, 1.54) is 6.33 Å². The zero-order chi connectivity index (χ0) is 17.1. The Kier molecular flexibility index (Phi) is 4.37. The highest BCUT2D eigenvalue weighted by atomic mass is 16.5. The highest BCUT2D eigenvalue weighted by Gasteiger charge is 2.13. The maximum atomic E-state index is 6.02. The molecule has 0 bridgehead atoms. The molecule has 0 atom stereocenters. The van der Waals surface area contributed by atoms with Crippen LogP contribution in [0.3, 0.4) is 0 Å². The predicted octanol–water partition coefficient (Wildman–Crippen LogP) is 3.79. The zero-order valence-corrected chi connectivity index (χ0v) is 14.1. The van der Waals surface area contributed by atoms with Crippen molar-refractivity contribution in [3.8, 4) is 23.1 Å². The second-order valence-electron chi connectivity index (χ2n) is 5.24. The van der Waals surface area contributed by atoms with Crippen LogP contribution in [0.5, 0.6) is 23.1 Å². The summed E-state index contributed by atoms with van der Waals surface area (Å²) < 4.78 is 16.7. The van der Waals surface area contributed by atoms with Gasteiger partial charge in [-0.25, -0.2) is 9.97 Å². The van der Waals surface area contributed by atoms with E-state index in [2.05, 4.69) is 15.3 Å². The van der Waals surface area contributed by atoms with Crippen molar-refractivity contribution >= 4 is 16.6 Å². The third-order valence-electron chi connectivity index (χ3n) is 3.77. The first-order chi connectivity index (χ1) is 11.7. The van der Waals surface area contributed by atoms with Gasteiger partial charge in [0.05, 0.1) is 25.1 Å². The van der Waals surface area contributed by atoms with Crippen molar-refractivity contribution in [1.29, 1.82) is 0 Å². The largest absolute Gasteiger partial charge is 0.493 e. The van der Waals surface area contributed by atoms with Gasteiger partial charge in [-0.2, -0.15) is 0 Å². The SMILES string of the molecule is CNc1ccc(Oc2ncnc3cc(OC)c(OC)cc23)c(C)c1. The summed E-state index contributed by atoms with van der Waals surface area (Å²) in [6.07, 6.45) is 1.47. The van der Waals surface area contributed by atoms with Crippen LogP contribution in [0.4, 0.5) is 5.69 Å². The van der Waals surface area contributed by atoms with E-state index in [1.807, 2.05) is 38.2 Å². The molecule has 6 nitrogen and oxygen atoms in total. The van der Waals surface area contributed by atoms with Gasteiger partial charge in [0.1, 0.15) is 12.1 Å². The van der Waals surface area contributed by atoms with Gasteiger partial charge in [-0.3, -0.25) is 0 Å². The summed E-state index contributed by atoms with van der Waals surface area (Å²) in [5.74, 6) is 2.43. The highest BCUT2D eigenvalue weighted by molar-refractivity contribution is 5.87. The van der Waals surface area contributed by atoms with Gasteiger partial charge in [0.2, 0.25) is 5.88 Å². The Hall–Kier alpha value is -3.02. The van der Waals surface area contributed by atoms with E-state index in [9.17, 15) is 0 Å². The Morgan fingerprint density at radius 3 is 2.33 bits per heavy atom. The van der Waals surface area contributed by atoms with Crippen LogP contribution in [0.15, 0.2) is 36.7 Å². The summed E-state index contributed by atoms with van der Waals surface area (Å²) >= 11 is 0. The van der Waals surface area contributed by atoms with E-state index in [4.69, 9.17) is 14.2 Å². The minimum atomic E-state index is 0.473. The number of anilines is 1. The summed E-state index contributed by atoms with van der Waals surface area (Å²) in [6.45, 7) is 1.99. The lowest BCUT2D eigenvalue weighted by molar-refractivity contribution is 0.355. The lowest BCUT2D eigenvalue weighted by Crippen LogP contribution is -1.96. The first-order valence-corrected chi connectivity index (χ1v) is 7.49. The Bertz CT molecular complexity index is 881. The first kappa shape index (κ1) is 15.9. The molecule has 0 spiro atoms. The van der Waals surface area contributed by atoms with E-state index >= 15 is 0 Å². The number of rotatable bonds is 5. The number of nitrogens with zero attached hydrogens (tertiary/aromatic N) is 2. The smallest absolute Gasteiger partial charge is 0.230 e. The van der Waals surface area contributed by atoms with Gasteiger partial charge >= 0.3 is 0 Å². The molecule has 0 fully saturated rings. The average molecular weight is 325 g/mol. The van der Waals surface area contributed by atoms with Crippen LogP contribution in [0, 0.1) is 6.92 Å². The number of hydrogen-bond donors (Lipinski definition) is 1. The first-order valence-electron chi connectivity index (χ1n) is 7.49. The maximum absolute atomic E-state index is 6.02. The molecule has 3 aromatic rings.